The van der Waals surface area contributed by atoms with E-state index in [1.807, 2.05) is 6.07 Å². The molecule has 0 amide bonds. The molecule has 21 heavy (non-hydrogen) atoms. The predicted molar refractivity (Wildman–Crippen MR) is 89.6 cm³/mol. The van der Waals surface area contributed by atoms with E-state index in [0.29, 0.717) is 5.92 Å². The number of hydrogen-bond donors (Lipinski definition) is 1. The topological polar surface area (TPSA) is 43.8 Å². The van der Waals surface area contributed by atoms with Gasteiger partial charge in [-0.3, -0.25) is 0 Å². The molecule has 114 valence electrons. The summed E-state index contributed by atoms with van der Waals surface area (Å²) >= 11 is 0. The SMILES string of the molecule is CCn1c(C(C)(C)C)nc(CC(C)c2ccccc2)c1N. The lowest BCUT2D eigenvalue weighted by Crippen LogP contribution is -2.19. The lowest BCUT2D eigenvalue weighted by atomic mass is 9.95. The second kappa shape index (κ2) is 5.92. The van der Waals surface area contributed by atoms with Crippen molar-refractivity contribution in [2.45, 2.75) is 58.9 Å². The Morgan fingerprint density at radius 2 is 1.81 bits per heavy atom. The lowest BCUT2D eigenvalue weighted by molar-refractivity contribution is 0.507. The van der Waals surface area contributed by atoms with Crippen LogP contribution in [0.3, 0.4) is 0 Å². The van der Waals surface area contributed by atoms with Gasteiger partial charge in [0, 0.05) is 12.0 Å². The first-order valence-electron chi connectivity index (χ1n) is 7.74. The number of nitrogen functional groups attached to an aromatic ring is 1. The molecule has 1 heterocycles. The minimum Gasteiger partial charge on any atom is -0.384 e. The van der Waals surface area contributed by atoms with Gasteiger partial charge in [0.05, 0.1) is 5.69 Å². The standard InChI is InChI=1S/C18H27N3/c1-6-21-16(19)15(20-17(21)18(3,4)5)12-13(2)14-10-8-7-9-11-14/h7-11,13H,6,12,19H2,1-5H3. The molecule has 0 saturated carbocycles. The van der Waals surface area contributed by atoms with E-state index < -0.39 is 0 Å². The van der Waals surface area contributed by atoms with Crippen LogP contribution in [-0.2, 0) is 18.4 Å². The summed E-state index contributed by atoms with van der Waals surface area (Å²) in [5.41, 5.74) is 8.71. The van der Waals surface area contributed by atoms with Crippen molar-refractivity contribution in [3.8, 4) is 0 Å². The minimum atomic E-state index is 0.0123. The number of nitrogens with two attached hydrogens (primary N) is 1. The molecule has 2 N–H and O–H groups in total. The molecule has 0 bridgehead atoms. The Kier molecular flexibility index (Phi) is 4.40. The molecule has 0 fully saturated rings. The van der Waals surface area contributed by atoms with Crippen LogP contribution in [0.15, 0.2) is 30.3 Å². The summed E-state index contributed by atoms with van der Waals surface area (Å²) < 4.78 is 2.15. The third-order valence-electron chi connectivity index (χ3n) is 3.94. The zero-order chi connectivity index (χ0) is 15.6. The van der Waals surface area contributed by atoms with Crippen molar-refractivity contribution >= 4 is 5.82 Å². The van der Waals surface area contributed by atoms with Gasteiger partial charge < -0.3 is 10.3 Å². The molecule has 3 nitrogen and oxygen atoms in total. The first-order valence-corrected chi connectivity index (χ1v) is 7.74. The molecule has 1 atom stereocenters. The molecule has 1 aromatic heterocycles. The lowest BCUT2D eigenvalue weighted by Gasteiger charge is -2.19. The fraction of sp³-hybridized carbons (Fsp3) is 0.500. The Hall–Kier alpha value is -1.77. The van der Waals surface area contributed by atoms with Gasteiger partial charge in [0.25, 0.3) is 0 Å². The van der Waals surface area contributed by atoms with Crippen molar-refractivity contribution in [2.24, 2.45) is 0 Å². The fourth-order valence-corrected chi connectivity index (χ4v) is 2.75. The van der Waals surface area contributed by atoms with Crippen molar-refractivity contribution in [2.75, 3.05) is 5.73 Å². The minimum absolute atomic E-state index is 0.0123. The van der Waals surface area contributed by atoms with Crippen molar-refractivity contribution in [1.82, 2.24) is 9.55 Å². The summed E-state index contributed by atoms with van der Waals surface area (Å²) in [5, 5.41) is 0. The second-order valence-corrected chi connectivity index (χ2v) is 6.78. The number of imidazole rings is 1. The van der Waals surface area contributed by atoms with Crippen LogP contribution in [0.25, 0.3) is 0 Å². The number of nitrogens with zero attached hydrogens (tertiary/aromatic N) is 2. The van der Waals surface area contributed by atoms with Crippen LogP contribution in [0.4, 0.5) is 5.82 Å². The van der Waals surface area contributed by atoms with Crippen molar-refractivity contribution in [1.29, 1.82) is 0 Å². The van der Waals surface area contributed by atoms with E-state index in [4.69, 9.17) is 10.7 Å². The van der Waals surface area contributed by atoms with E-state index in [2.05, 4.69) is 63.5 Å². The smallest absolute Gasteiger partial charge is 0.126 e. The Morgan fingerprint density at radius 3 is 2.29 bits per heavy atom. The van der Waals surface area contributed by atoms with Crippen molar-refractivity contribution in [3.05, 3.63) is 47.4 Å². The number of benzene rings is 1. The first-order chi connectivity index (χ1) is 9.84. The Balaban J connectivity index is 2.31. The number of hydrogen-bond acceptors (Lipinski definition) is 2. The monoisotopic (exact) mass is 285 g/mol. The quantitative estimate of drug-likeness (QED) is 0.918. The van der Waals surface area contributed by atoms with Gasteiger partial charge >= 0.3 is 0 Å². The van der Waals surface area contributed by atoms with Crippen LogP contribution >= 0.6 is 0 Å². The Labute approximate surface area is 128 Å². The predicted octanol–water partition coefficient (Wildman–Crippen LogP) is 4.13. The van der Waals surface area contributed by atoms with Crippen LogP contribution in [0.2, 0.25) is 0 Å². The molecule has 2 rings (SSSR count). The Morgan fingerprint density at radius 1 is 1.19 bits per heavy atom. The molecule has 0 aliphatic rings. The number of aromatic nitrogens is 2. The number of rotatable bonds is 4. The molecule has 2 aromatic rings. The third kappa shape index (κ3) is 3.29. The molecule has 1 aromatic carbocycles. The Bertz CT molecular complexity index is 591. The van der Waals surface area contributed by atoms with Gasteiger partial charge in [0.15, 0.2) is 0 Å². The second-order valence-electron chi connectivity index (χ2n) is 6.78. The van der Waals surface area contributed by atoms with E-state index in [9.17, 15) is 0 Å². The molecular formula is C18H27N3. The molecule has 0 aliphatic heterocycles. The van der Waals surface area contributed by atoms with Gasteiger partial charge in [-0.1, -0.05) is 58.0 Å². The van der Waals surface area contributed by atoms with Gasteiger partial charge in [-0.15, -0.1) is 0 Å². The summed E-state index contributed by atoms with van der Waals surface area (Å²) in [6, 6.07) is 10.6. The average molecular weight is 285 g/mol. The zero-order valence-corrected chi connectivity index (χ0v) is 13.9. The largest absolute Gasteiger partial charge is 0.384 e. The summed E-state index contributed by atoms with van der Waals surface area (Å²) in [6.45, 7) is 11.8. The van der Waals surface area contributed by atoms with Crippen molar-refractivity contribution in [3.63, 3.8) is 0 Å². The maximum absolute atomic E-state index is 6.34. The summed E-state index contributed by atoms with van der Waals surface area (Å²) in [5.74, 6) is 2.32. The van der Waals surface area contributed by atoms with Crippen LogP contribution in [0.5, 0.6) is 0 Å². The zero-order valence-electron chi connectivity index (χ0n) is 13.9. The van der Waals surface area contributed by atoms with Crippen LogP contribution in [0.1, 0.15) is 57.6 Å². The van der Waals surface area contributed by atoms with E-state index in [0.717, 1.165) is 30.3 Å². The summed E-state index contributed by atoms with van der Waals surface area (Å²) in [4.78, 5) is 4.86. The normalized spacial score (nSPS) is 13.4. The van der Waals surface area contributed by atoms with Gasteiger partial charge in [-0.25, -0.2) is 4.98 Å². The van der Waals surface area contributed by atoms with E-state index >= 15 is 0 Å². The van der Waals surface area contributed by atoms with Crippen LogP contribution in [0, 0.1) is 0 Å². The van der Waals surface area contributed by atoms with Gasteiger partial charge in [0.1, 0.15) is 11.6 Å². The van der Waals surface area contributed by atoms with E-state index in [-0.39, 0.29) is 5.41 Å². The van der Waals surface area contributed by atoms with Gasteiger partial charge in [-0.05, 0) is 24.8 Å². The molecule has 3 heteroatoms. The van der Waals surface area contributed by atoms with Gasteiger partial charge in [-0.2, -0.15) is 0 Å². The highest BCUT2D eigenvalue weighted by Gasteiger charge is 2.24. The molecule has 0 spiro atoms. The third-order valence-corrected chi connectivity index (χ3v) is 3.94. The maximum atomic E-state index is 6.34. The van der Waals surface area contributed by atoms with E-state index in [1.54, 1.807) is 0 Å². The highest BCUT2D eigenvalue weighted by molar-refractivity contribution is 5.41. The first kappa shape index (κ1) is 15.6. The average Bonchev–Trinajstić information content (AvgIpc) is 2.76. The van der Waals surface area contributed by atoms with Crippen LogP contribution < -0.4 is 5.73 Å². The summed E-state index contributed by atoms with van der Waals surface area (Å²) in [6.07, 6.45) is 0.881. The molecule has 1 unspecified atom stereocenters. The highest BCUT2D eigenvalue weighted by atomic mass is 15.1. The molecule has 0 radical (unpaired) electrons. The van der Waals surface area contributed by atoms with E-state index in [1.165, 1.54) is 5.56 Å². The highest BCUT2D eigenvalue weighted by Crippen LogP contribution is 2.29. The fourth-order valence-electron chi connectivity index (χ4n) is 2.75. The molecular weight excluding hydrogens is 258 g/mol. The maximum Gasteiger partial charge on any atom is 0.126 e. The summed E-state index contributed by atoms with van der Waals surface area (Å²) in [7, 11) is 0. The molecule has 0 saturated heterocycles. The van der Waals surface area contributed by atoms with Gasteiger partial charge in [0.2, 0.25) is 0 Å². The van der Waals surface area contributed by atoms with Crippen molar-refractivity contribution < 1.29 is 0 Å². The molecule has 0 aliphatic carbocycles. The van der Waals surface area contributed by atoms with Crippen LogP contribution in [-0.4, -0.2) is 9.55 Å². The number of anilines is 1.